The second-order valence-electron chi connectivity index (χ2n) is 5.34. The van der Waals surface area contributed by atoms with Gasteiger partial charge in [-0.1, -0.05) is 26.2 Å². The van der Waals surface area contributed by atoms with Gasteiger partial charge >= 0.3 is 6.09 Å². The van der Waals surface area contributed by atoms with Crippen molar-refractivity contribution in [3.8, 4) is 0 Å². The van der Waals surface area contributed by atoms with E-state index in [2.05, 4.69) is 12.2 Å². The van der Waals surface area contributed by atoms with Gasteiger partial charge in [0.1, 0.15) is 0 Å². The van der Waals surface area contributed by atoms with E-state index < -0.39 is 0 Å². The largest absolute Gasteiger partial charge is 0.450 e. The van der Waals surface area contributed by atoms with Crippen LogP contribution in [0.5, 0.6) is 0 Å². The van der Waals surface area contributed by atoms with Gasteiger partial charge in [0.05, 0.1) is 12.5 Å². The molecule has 1 fully saturated rings. The second-order valence-corrected chi connectivity index (χ2v) is 5.34. The molecule has 0 saturated carbocycles. The quantitative estimate of drug-likeness (QED) is 0.731. The summed E-state index contributed by atoms with van der Waals surface area (Å²) in [6, 6.07) is 0. The van der Waals surface area contributed by atoms with Crippen LogP contribution in [-0.4, -0.2) is 43.1 Å². The molecular weight excluding hydrogens is 256 g/mol. The fourth-order valence-electron chi connectivity index (χ4n) is 2.48. The van der Waals surface area contributed by atoms with Gasteiger partial charge in [0.2, 0.25) is 5.91 Å². The number of hydrogen-bond acceptors (Lipinski definition) is 3. The van der Waals surface area contributed by atoms with E-state index in [1.54, 1.807) is 11.8 Å². The smallest absolute Gasteiger partial charge is 0.409 e. The first-order valence-electron chi connectivity index (χ1n) is 7.88. The zero-order valence-corrected chi connectivity index (χ0v) is 12.8. The Balaban J connectivity index is 2.27. The van der Waals surface area contributed by atoms with E-state index in [0.29, 0.717) is 19.7 Å². The van der Waals surface area contributed by atoms with Crippen LogP contribution in [0.15, 0.2) is 0 Å². The molecule has 1 heterocycles. The van der Waals surface area contributed by atoms with Crippen LogP contribution < -0.4 is 5.32 Å². The molecule has 0 aromatic heterocycles. The first-order valence-corrected chi connectivity index (χ1v) is 7.88. The first kappa shape index (κ1) is 16.8. The van der Waals surface area contributed by atoms with Gasteiger partial charge in [0.15, 0.2) is 0 Å². The SMILES string of the molecule is CCCCCCNC(=O)C1CCCN(C(=O)OCC)C1. The highest BCUT2D eigenvalue weighted by Crippen LogP contribution is 2.17. The summed E-state index contributed by atoms with van der Waals surface area (Å²) in [4.78, 5) is 25.4. The van der Waals surface area contributed by atoms with Crippen molar-refractivity contribution in [2.75, 3.05) is 26.2 Å². The predicted molar refractivity (Wildman–Crippen MR) is 78.5 cm³/mol. The average molecular weight is 284 g/mol. The van der Waals surface area contributed by atoms with E-state index in [1.165, 1.54) is 12.8 Å². The number of rotatable bonds is 7. The van der Waals surface area contributed by atoms with Crippen LogP contribution in [0.1, 0.15) is 52.4 Å². The zero-order chi connectivity index (χ0) is 14.8. The zero-order valence-electron chi connectivity index (χ0n) is 12.8. The van der Waals surface area contributed by atoms with Gasteiger partial charge in [-0.05, 0) is 26.2 Å². The van der Waals surface area contributed by atoms with E-state index in [-0.39, 0.29) is 17.9 Å². The van der Waals surface area contributed by atoms with Crippen LogP contribution in [0.4, 0.5) is 4.79 Å². The highest BCUT2D eigenvalue weighted by Gasteiger charge is 2.28. The van der Waals surface area contributed by atoms with Crippen molar-refractivity contribution < 1.29 is 14.3 Å². The maximum Gasteiger partial charge on any atom is 0.409 e. The molecule has 5 heteroatoms. The number of hydrogen-bond donors (Lipinski definition) is 1. The van der Waals surface area contributed by atoms with Crippen molar-refractivity contribution in [2.24, 2.45) is 5.92 Å². The standard InChI is InChI=1S/C15H28N2O3/c1-3-5-6-7-10-16-14(18)13-9-8-11-17(12-13)15(19)20-4-2/h13H,3-12H2,1-2H3,(H,16,18). The van der Waals surface area contributed by atoms with Gasteiger partial charge in [-0.2, -0.15) is 0 Å². The molecular formula is C15H28N2O3. The van der Waals surface area contributed by atoms with Gasteiger partial charge < -0.3 is 15.0 Å². The third kappa shape index (κ3) is 5.80. The minimum absolute atomic E-state index is 0.0792. The monoisotopic (exact) mass is 284 g/mol. The minimum atomic E-state index is -0.298. The normalized spacial score (nSPS) is 18.7. The summed E-state index contributed by atoms with van der Waals surface area (Å²) >= 11 is 0. The summed E-state index contributed by atoms with van der Waals surface area (Å²) in [5, 5.41) is 2.99. The third-order valence-electron chi connectivity index (χ3n) is 3.65. The number of nitrogens with zero attached hydrogens (tertiary/aromatic N) is 1. The lowest BCUT2D eigenvalue weighted by atomic mass is 9.97. The third-order valence-corrected chi connectivity index (χ3v) is 3.65. The summed E-state index contributed by atoms with van der Waals surface area (Å²) in [5.41, 5.74) is 0. The number of carbonyl (C=O) groups is 2. The van der Waals surface area contributed by atoms with Crippen LogP contribution in [0.25, 0.3) is 0 Å². The molecule has 0 aromatic carbocycles. The molecule has 1 unspecified atom stereocenters. The minimum Gasteiger partial charge on any atom is -0.450 e. The molecule has 116 valence electrons. The van der Waals surface area contributed by atoms with Gasteiger partial charge in [-0.15, -0.1) is 0 Å². The van der Waals surface area contributed by atoms with Crippen LogP contribution in [-0.2, 0) is 9.53 Å². The fourth-order valence-corrected chi connectivity index (χ4v) is 2.48. The lowest BCUT2D eigenvalue weighted by Gasteiger charge is -2.31. The highest BCUT2D eigenvalue weighted by atomic mass is 16.6. The van der Waals surface area contributed by atoms with E-state index in [4.69, 9.17) is 4.74 Å². The predicted octanol–water partition coefficient (Wildman–Crippen LogP) is 2.55. The van der Waals surface area contributed by atoms with Crippen molar-refractivity contribution in [3.05, 3.63) is 0 Å². The molecule has 0 aromatic rings. The lowest BCUT2D eigenvalue weighted by molar-refractivity contribution is -0.126. The van der Waals surface area contributed by atoms with Gasteiger partial charge in [-0.25, -0.2) is 4.79 Å². The molecule has 0 aliphatic carbocycles. The first-order chi connectivity index (χ1) is 9.69. The summed E-state index contributed by atoms with van der Waals surface area (Å²) in [6.07, 6.45) is 6.04. The Labute approximate surface area is 122 Å². The summed E-state index contributed by atoms with van der Waals surface area (Å²) < 4.78 is 4.99. The van der Waals surface area contributed by atoms with Crippen molar-refractivity contribution >= 4 is 12.0 Å². The number of carbonyl (C=O) groups excluding carboxylic acids is 2. The Morgan fingerprint density at radius 3 is 2.75 bits per heavy atom. The molecule has 0 bridgehead atoms. The Morgan fingerprint density at radius 1 is 1.25 bits per heavy atom. The van der Waals surface area contributed by atoms with Gasteiger partial charge in [-0.3, -0.25) is 4.79 Å². The van der Waals surface area contributed by atoms with Gasteiger partial charge in [0, 0.05) is 19.6 Å². The fraction of sp³-hybridized carbons (Fsp3) is 0.867. The number of unbranched alkanes of at least 4 members (excludes halogenated alkanes) is 3. The molecule has 0 radical (unpaired) electrons. The highest BCUT2D eigenvalue weighted by molar-refractivity contribution is 5.79. The van der Waals surface area contributed by atoms with Crippen molar-refractivity contribution in [1.82, 2.24) is 10.2 Å². The van der Waals surface area contributed by atoms with Crippen molar-refractivity contribution in [1.29, 1.82) is 0 Å². The second kappa shape index (κ2) is 9.61. The number of amides is 2. The summed E-state index contributed by atoms with van der Waals surface area (Å²) in [7, 11) is 0. The number of ether oxygens (including phenoxy) is 1. The van der Waals surface area contributed by atoms with E-state index in [1.807, 2.05) is 0 Å². The molecule has 1 aliphatic rings. The topological polar surface area (TPSA) is 58.6 Å². The van der Waals surface area contributed by atoms with Crippen LogP contribution in [0, 0.1) is 5.92 Å². The Bertz CT molecular complexity index is 307. The Morgan fingerprint density at radius 2 is 2.05 bits per heavy atom. The molecule has 0 spiro atoms. The number of piperidine rings is 1. The molecule has 2 amide bonds. The molecule has 1 atom stereocenters. The maximum atomic E-state index is 12.1. The van der Waals surface area contributed by atoms with Crippen molar-refractivity contribution in [3.63, 3.8) is 0 Å². The Hall–Kier alpha value is -1.26. The molecule has 5 nitrogen and oxygen atoms in total. The number of likely N-dealkylation sites (tertiary alicyclic amines) is 1. The molecule has 20 heavy (non-hydrogen) atoms. The van der Waals surface area contributed by atoms with E-state index in [0.717, 1.165) is 32.2 Å². The van der Waals surface area contributed by atoms with Crippen LogP contribution in [0.3, 0.4) is 0 Å². The summed E-state index contributed by atoms with van der Waals surface area (Å²) in [6.45, 7) is 6.27. The molecule has 1 aliphatic heterocycles. The Kier molecular flexibility index (Phi) is 8.07. The maximum absolute atomic E-state index is 12.1. The van der Waals surface area contributed by atoms with Crippen molar-refractivity contribution in [2.45, 2.75) is 52.4 Å². The number of nitrogens with one attached hydrogen (secondary N) is 1. The van der Waals surface area contributed by atoms with Gasteiger partial charge in [0.25, 0.3) is 0 Å². The van der Waals surface area contributed by atoms with E-state index >= 15 is 0 Å². The van der Waals surface area contributed by atoms with E-state index in [9.17, 15) is 9.59 Å². The van der Waals surface area contributed by atoms with Crippen LogP contribution >= 0.6 is 0 Å². The molecule has 1 rings (SSSR count). The summed E-state index contributed by atoms with van der Waals surface area (Å²) in [5.74, 6) is -0.00479. The molecule has 1 saturated heterocycles. The lowest BCUT2D eigenvalue weighted by Crippen LogP contribution is -2.45. The van der Waals surface area contributed by atoms with Crippen LogP contribution in [0.2, 0.25) is 0 Å². The average Bonchev–Trinajstić information content (AvgIpc) is 2.47. The molecule has 1 N–H and O–H groups in total.